The van der Waals surface area contributed by atoms with E-state index < -0.39 is 18.1 Å². The standard InChI is InChI=1S/C21H32N2O5/c1-3-5-9-15-22-19(24)14-10-13-18(20(25)27-4-2)23-21(26)28-16-17-11-7-6-8-12-17/h6-8,11-12,18H,3-5,9-10,13-16H2,1-2H3,(H,22,24)(H,23,26)/t18-/m0/s1. The van der Waals surface area contributed by atoms with Gasteiger partial charge in [-0.05, 0) is 31.7 Å². The van der Waals surface area contributed by atoms with Crippen molar-refractivity contribution >= 4 is 18.0 Å². The molecule has 0 spiro atoms. The summed E-state index contributed by atoms with van der Waals surface area (Å²) < 4.78 is 10.2. The fraction of sp³-hybridized carbons (Fsp3) is 0.571. The number of carbonyl (C=O) groups excluding carboxylic acids is 3. The van der Waals surface area contributed by atoms with Gasteiger partial charge in [0.25, 0.3) is 0 Å². The second-order valence-corrected chi connectivity index (χ2v) is 6.46. The van der Waals surface area contributed by atoms with Crippen LogP contribution in [0.3, 0.4) is 0 Å². The molecular weight excluding hydrogens is 360 g/mol. The molecule has 156 valence electrons. The predicted octanol–water partition coefficient (Wildman–Crippen LogP) is 3.32. The summed E-state index contributed by atoms with van der Waals surface area (Å²) in [5.74, 6) is -0.576. The van der Waals surface area contributed by atoms with Gasteiger partial charge in [-0.2, -0.15) is 0 Å². The lowest BCUT2D eigenvalue weighted by Crippen LogP contribution is -2.42. The molecule has 0 aromatic heterocycles. The molecule has 1 rings (SSSR count). The van der Waals surface area contributed by atoms with E-state index in [1.807, 2.05) is 30.3 Å². The van der Waals surface area contributed by atoms with Crippen molar-refractivity contribution in [3.63, 3.8) is 0 Å². The lowest BCUT2D eigenvalue weighted by atomic mass is 10.1. The molecule has 2 N–H and O–H groups in total. The molecule has 0 saturated heterocycles. The van der Waals surface area contributed by atoms with Gasteiger partial charge in [0.2, 0.25) is 5.91 Å². The SMILES string of the molecule is CCCCCNC(=O)CCC[C@H](NC(=O)OCc1ccccc1)C(=O)OCC. The molecule has 0 bridgehead atoms. The van der Waals surface area contributed by atoms with Crippen molar-refractivity contribution in [1.82, 2.24) is 10.6 Å². The third-order valence-electron chi connectivity index (χ3n) is 4.08. The summed E-state index contributed by atoms with van der Waals surface area (Å²) in [5, 5.41) is 5.40. The van der Waals surface area contributed by atoms with Crippen LogP contribution in [0.25, 0.3) is 0 Å². The first kappa shape index (κ1) is 23.5. The highest BCUT2D eigenvalue weighted by molar-refractivity contribution is 5.81. The maximum atomic E-state index is 12.1. The van der Waals surface area contributed by atoms with Crippen LogP contribution in [0.5, 0.6) is 0 Å². The fourth-order valence-corrected chi connectivity index (χ4v) is 2.56. The van der Waals surface area contributed by atoms with Crippen molar-refractivity contribution in [1.29, 1.82) is 0 Å². The lowest BCUT2D eigenvalue weighted by Gasteiger charge is -2.17. The van der Waals surface area contributed by atoms with Gasteiger partial charge in [0.05, 0.1) is 6.61 Å². The smallest absolute Gasteiger partial charge is 0.408 e. The number of alkyl carbamates (subject to hydrolysis) is 1. The average molecular weight is 392 g/mol. The van der Waals surface area contributed by atoms with Crippen molar-refractivity contribution in [2.24, 2.45) is 0 Å². The number of nitrogens with one attached hydrogen (secondary N) is 2. The van der Waals surface area contributed by atoms with Gasteiger partial charge < -0.3 is 20.1 Å². The minimum atomic E-state index is -0.837. The summed E-state index contributed by atoms with van der Waals surface area (Å²) in [5.41, 5.74) is 0.852. The summed E-state index contributed by atoms with van der Waals surface area (Å²) in [6, 6.07) is 8.43. The fourth-order valence-electron chi connectivity index (χ4n) is 2.56. The average Bonchev–Trinajstić information content (AvgIpc) is 2.70. The van der Waals surface area contributed by atoms with Crippen LogP contribution in [0, 0.1) is 0 Å². The van der Waals surface area contributed by atoms with E-state index in [1.54, 1.807) is 6.92 Å². The van der Waals surface area contributed by atoms with Crippen molar-refractivity contribution in [2.75, 3.05) is 13.2 Å². The Labute approximate surface area is 167 Å². The van der Waals surface area contributed by atoms with Crippen LogP contribution in [-0.2, 0) is 25.7 Å². The minimum Gasteiger partial charge on any atom is -0.464 e. The monoisotopic (exact) mass is 392 g/mol. The summed E-state index contributed by atoms with van der Waals surface area (Å²) >= 11 is 0. The van der Waals surface area contributed by atoms with Crippen LogP contribution in [0.2, 0.25) is 0 Å². The molecule has 28 heavy (non-hydrogen) atoms. The van der Waals surface area contributed by atoms with Gasteiger partial charge in [-0.15, -0.1) is 0 Å². The maximum Gasteiger partial charge on any atom is 0.408 e. The highest BCUT2D eigenvalue weighted by Gasteiger charge is 2.22. The molecule has 0 aliphatic rings. The minimum absolute atomic E-state index is 0.0506. The second kappa shape index (κ2) is 14.5. The number of hydrogen-bond donors (Lipinski definition) is 2. The zero-order valence-electron chi connectivity index (χ0n) is 16.9. The molecule has 0 radical (unpaired) electrons. The molecule has 7 heteroatoms. The van der Waals surface area contributed by atoms with Gasteiger partial charge >= 0.3 is 12.1 Å². The Bertz CT molecular complexity index is 592. The molecule has 1 aromatic rings. The Morgan fingerprint density at radius 2 is 1.75 bits per heavy atom. The van der Waals surface area contributed by atoms with E-state index in [0.717, 1.165) is 24.8 Å². The Hall–Kier alpha value is -2.57. The van der Waals surface area contributed by atoms with Crippen molar-refractivity contribution in [3.05, 3.63) is 35.9 Å². The molecule has 0 aliphatic carbocycles. The molecule has 1 aromatic carbocycles. The Kier molecular flexibility index (Phi) is 12.1. The number of amides is 2. The molecule has 0 heterocycles. The number of ether oxygens (including phenoxy) is 2. The molecule has 7 nitrogen and oxygen atoms in total. The molecular formula is C21H32N2O5. The third kappa shape index (κ3) is 10.5. The highest BCUT2D eigenvalue weighted by Crippen LogP contribution is 2.06. The van der Waals surface area contributed by atoms with Gasteiger partial charge in [0.15, 0.2) is 0 Å². The van der Waals surface area contributed by atoms with E-state index >= 15 is 0 Å². The van der Waals surface area contributed by atoms with Crippen molar-refractivity contribution in [3.8, 4) is 0 Å². The van der Waals surface area contributed by atoms with E-state index in [9.17, 15) is 14.4 Å². The zero-order valence-corrected chi connectivity index (χ0v) is 16.9. The van der Waals surface area contributed by atoms with Crippen molar-refractivity contribution < 1.29 is 23.9 Å². The summed E-state index contributed by atoms with van der Waals surface area (Å²) in [6.45, 7) is 4.80. The Morgan fingerprint density at radius 3 is 2.43 bits per heavy atom. The van der Waals surface area contributed by atoms with E-state index in [-0.39, 0.29) is 19.1 Å². The largest absolute Gasteiger partial charge is 0.464 e. The van der Waals surface area contributed by atoms with Crippen LogP contribution < -0.4 is 10.6 Å². The number of unbranched alkanes of at least 4 members (excludes halogenated alkanes) is 2. The van der Waals surface area contributed by atoms with Gasteiger partial charge in [-0.25, -0.2) is 9.59 Å². The number of rotatable bonds is 13. The maximum absolute atomic E-state index is 12.1. The molecule has 0 fully saturated rings. The number of benzene rings is 1. The lowest BCUT2D eigenvalue weighted by molar-refractivity contribution is -0.145. The normalized spacial score (nSPS) is 11.4. The van der Waals surface area contributed by atoms with Gasteiger partial charge in [-0.3, -0.25) is 4.79 Å². The molecule has 2 amide bonds. The van der Waals surface area contributed by atoms with Gasteiger partial charge in [-0.1, -0.05) is 50.1 Å². The van der Waals surface area contributed by atoms with E-state index in [0.29, 0.717) is 25.8 Å². The first-order valence-electron chi connectivity index (χ1n) is 9.97. The molecule has 0 unspecified atom stereocenters. The van der Waals surface area contributed by atoms with Crippen LogP contribution in [0.4, 0.5) is 4.79 Å². The van der Waals surface area contributed by atoms with Crippen LogP contribution in [0.1, 0.15) is 57.9 Å². The number of carbonyl (C=O) groups is 3. The molecule has 0 aliphatic heterocycles. The Balaban J connectivity index is 2.39. The summed E-state index contributed by atoms with van der Waals surface area (Å²) in [4.78, 5) is 35.9. The van der Waals surface area contributed by atoms with E-state index in [1.165, 1.54) is 0 Å². The second-order valence-electron chi connectivity index (χ2n) is 6.46. The van der Waals surface area contributed by atoms with Crippen molar-refractivity contribution in [2.45, 2.75) is 65.0 Å². The number of hydrogen-bond acceptors (Lipinski definition) is 5. The molecule has 0 saturated carbocycles. The van der Waals surface area contributed by atoms with E-state index in [4.69, 9.17) is 9.47 Å². The first-order valence-corrected chi connectivity index (χ1v) is 9.97. The number of esters is 1. The first-order chi connectivity index (χ1) is 13.6. The third-order valence-corrected chi connectivity index (χ3v) is 4.08. The predicted molar refractivity (Wildman–Crippen MR) is 107 cm³/mol. The van der Waals surface area contributed by atoms with Crippen LogP contribution in [-0.4, -0.2) is 37.2 Å². The van der Waals surface area contributed by atoms with Gasteiger partial charge in [0.1, 0.15) is 12.6 Å². The van der Waals surface area contributed by atoms with Crippen LogP contribution >= 0.6 is 0 Å². The quantitative estimate of drug-likeness (QED) is 0.397. The Morgan fingerprint density at radius 1 is 1.00 bits per heavy atom. The zero-order chi connectivity index (χ0) is 20.6. The molecule has 1 atom stereocenters. The van der Waals surface area contributed by atoms with Gasteiger partial charge in [0, 0.05) is 13.0 Å². The summed E-state index contributed by atoms with van der Waals surface area (Å²) in [6.07, 6.45) is 3.52. The highest BCUT2D eigenvalue weighted by atomic mass is 16.6. The topological polar surface area (TPSA) is 93.7 Å². The van der Waals surface area contributed by atoms with Crippen LogP contribution in [0.15, 0.2) is 30.3 Å². The van der Waals surface area contributed by atoms with E-state index in [2.05, 4.69) is 17.6 Å². The summed E-state index contributed by atoms with van der Waals surface area (Å²) in [7, 11) is 0.